The second kappa shape index (κ2) is 4.73. The zero-order chi connectivity index (χ0) is 12.5. The number of nitrogens with one attached hydrogen (secondary N) is 1. The van der Waals surface area contributed by atoms with Crippen LogP contribution in [0.3, 0.4) is 0 Å². The van der Waals surface area contributed by atoms with Crippen molar-refractivity contribution in [2.24, 2.45) is 5.92 Å². The Morgan fingerprint density at radius 3 is 3.11 bits per heavy atom. The maximum atomic E-state index is 5.36. The third-order valence-electron chi connectivity index (χ3n) is 4.13. The summed E-state index contributed by atoms with van der Waals surface area (Å²) in [6, 6.07) is 2.69. The van der Waals surface area contributed by atoms with Crippen LogP contribution in [0.5, 0.6) is 5.75 Å². The van der Waals surface area contributed by atoms with Gasteiger partial charge in [-0.05, 0) is 55.9 Å². The molecule has 3 nitrogen and oxygen atoms in total. The molecule has 1 aromatic rings. The molecular weight excluding hydrogens is 224 g/mol. The van der Waals surface area contributed by atoms with Gasteiger partial charge in [-0.1, -0.05) is 6.08 Å². The zero-order valence-corrected chi connectivity index (χ0v) is 11.1. The van der Waals surface area contributed by atoms with Gasteiger partial charge in [0.15, 0.2) is 0 Å². The highest BCUT2D eigenvalue weighted by atomic mass is 16.5. The molecule has 2 aliphatic rings. The minimum absolute atomic E-state index is 0.570. The van der Waals surface area contributed by atoms with Gasteiger partial charge >= 0.3 is 0 Å². The second-order valence-electron chi connectivity index (χ2n) is 5.29. The first-order chi connectivity index (χ1) is 8.78. The van der Waals surface area contributed by atoms with E-state index in [9.17, 15) is 0 Å². The molecule has 0 saturated carbocycles. The average molecular weight is 244 g/mol. The van der Waals surface area contributed by atoms with Crippen molar-refractivity contribution in [1.29, 1.82) is 0 Å². The van der Waals surface area contributed by atoms with E-state index in [0.717, 1.165) is 23.9 Å². The number of hydrogen-bond donors (Lipinski definition) is 1. The number of allylic oxidation sites excluding steroid dienone is 1. The van der Waals surface area contributed by atoms with Gasteiger partial charge in [0.25, 0.3) is 0 Å². The molecule has 0 unspecified atom stereocenters. The quantitative estimate of drug-likeness (QED) is 0.868. The van der Waals surface area contributed by atoms with Gasteiger partial charge in [-0.2, -0.15) is 0 Å². The van der Waals surface area contributed by atoms with E-state index in [1.54, 1.807) is 7.11 Å². The van der Waals surface area contributed by atoms with Crippen LogP contribution in [0.4, 0.5) is 0 Å². The summed E-state index contributed by atoms with van der Waals surface area (Å²) in [6.07, 6.45) is 8.17. The van der Waals surface area contributed by atoms with E-state index in [0.29, 0.717) is 6.04 Å². The van der Waals surface area contributed by atoms with Crippen molar-refractivity contribution in [3.63, 3.8) is 0 Å². The molecule has 0 bridgehead atoms. The summed E-state index contributed by atoms with van der Waals surface area (Å²) in [4.78, 5) is 4.43. The standard InChI is InChI=1S/C15H20N2O/c1-10-15(18-2)8-13(9-17-10)12-6-11-4-3-5-16-14(11)7-12/h7-9,11,14,16H,3-6H2,1-2H3/t11-,14+/m1/s1. The number of aromatic nitrogens is 1. The molecule has 0 amide bonds. The molecular formula is C15H20N2O. The lowest BCUT2D eigenvalue weighted by Crippen LogP contribution is -2.37. The van der Waals surface area contributed by atoms with E-state index in [4.69, 9.17) is 4.74 Å². The molecule has 1 N–H and O–H groups in total. The Morgan fingerprint density at radius 2 is 2.33 bits per heavy atom. The molecule has 1 aliphatic carbocycles. The van der Waals surface area contributed by atoms with E-state index < -0.39 is 0 Å². The molecule has 96 valence electrons. The number of nitrogens with zero attached hydrogens (tertiary/aromatic N) is 1. The van der Waals surface area contributed by atoms with Crippen LogP contribution in [0.15, 0.2) is 18.3 Å². The number of aryl methyl sites for hydroxylation is 1. The highest BCUT2D eigenvalue weighted by Gasteiger charge is 2.30. The van der Waals surface area contributed by atoms with Crippen LogP contribution in [-0.4, -0.2) is 24.7 Å². The minimum Gasteiger partial charge on any atom is -0.495 e. The lowest BCUT2D eigenvalue weighted by atomic mass is 9.92. The van der Waals surface area contributed by atoms with Gasteiger partial charge in [0.2, 0.25) is 0 Å². The fraction of sp³-hybridized carbons (Fsp3) is 0.533. The van der Waals surface area contributed by atoms with Gasteiger partial charge in [0.05, 0.1) is 12.8 Å². The van der Waals surface area contributed by atoms with Crippen LogP contribution in [0.2, 0.25) is 0 Å². The van der Waals surface area contributed by atoms with Gasteiger partial charge in [0.1, 0.15) is 5.75 Å². The van der Waals surface area contributed by atoms with Crippen molar-refractivity contribution in [2.75, 3.05) is 13.7 Å². The molecule has 1 fully saturated rings. The average Bonchev–Trinajstić information content (AvgIpc) is 2.83. The Balaban J connectivity index is 1.87. The van der Waals surface area contributed by atoms with Crippen molar-refractivity contribution >= 4 is 5.57 Å². The van der Waals surface area contributed by atoms with Gasteiger partial charge in [0, 0.05) is 12.2 Å². The molecule has 1 saturated heterocycles. The Kier molecular flexibility index (Phi) is 3.08. The summed E-state index contributed by atoms with van der Waals surface area (Å²) in [5, 5.41) is 3.59. The van der Waals surface area contributed by atoms with E-state index in [2.05, 4.69) is 22.4 Å². The van der Waals surface area contributed by atoms with Crippen LogP contribution in [-0.2, 0) is 0 Å². The molecule has 18 heavy (non-hydrogen) atoms. The zero-order valence-electron chi connectivity index (χ0n) is 11.1. The fourth-order valence-corrected chi connectivity index (χ4v) is 3.08. The summed E-state index contributed by atoms with van der Waals surface area (Å²) in [6.45, 7) is 3.13. The summed E-state index contributed by atoms with van der Waals surface area (Å²) < 4.78 is 5.36. The summed E-state index contributed by atoms with van der Waals surface area (Å²) >= 11 is 0. The Hall–Kier alpha value is -1.35. The first-order valence-electron chi connectivity index (χ1n) is 6.73. The summed E-state index contributed by atoms with van der Waals surface area (Å²) in [7, 11) is 1.71. The Morgan fingerprint density at radius 1 is 1.44 bits per heavy atom. The van der Waals surface area contributed by atoms with Crippen molar-refractivity contribution < 1.29 is 4.74 Å². The number of rotatable bonds is 2. The normalized spacial score (nSPS) is 26.7. The molecule has 0 spiro atoms. The van der Waals surface area contributed by atoms with E-state index >= 15 is 0 Å². The largest absolute Gasteiger partial charge is 0.495 e. The maximum absolute atomic E-state index is 5.36. The molecule has 2 atom stereocenters. The molecule has 1 aliphatic heterocycles. The molecule has 3 heteroatoms. The number of hydrogen-bond acceptors (Lipinski definition) is 3. The fourth-order valence-electron chi connectivity index (χ4n) is 3.08. The lowest BCUT2D eigenvalue weighted by Gasteiger charge is -2.25. The molecule has 2 heterocycles. The van der Waals surface area contributed by atoms with Crippen LogP contribution < -0.4 is 10.1 Å². The van der Waals surface area contributed by atoms with Crippen LogP contribution in [0.1, 0.15) is 30.5 Å². The number of piperidine rings is 1. The number of fused-ring (bicyclic) bond motifs is 1. The van der Waals surface area contributed by atoms with E-state index in [1.807, 2.05) is 13.1 Å². The smallest absolute Gasteiger partial charge is 0.140 e. The van der Waals surface area contributed by atoms with Crippen molar-refractivity contribution in [1.82, 2.24) is 10.3 Å². The number of methoxy groups -OCH3 is 1. The summed E-state index contributed by atoms with van der Waals surface area (Å²) in [5.41, 5.74) is 3.59. The highest BCUT2D eigenvalue weighted by molar-refractivity contribution is 5.69. The predicted octanol–water partition coefficient (Wildman–Crippen LogP) is 2.55. The summed E-state index contributed by atoms with van der Waals surface area (Å²) in [5.74, 6) is 1.66. The molecule has 3 rings (SSSR count). The predicted molar refractivity (Wildman–Crippen MR) is 72.6 cm³/mol. The lowest BCUT2D eigenvalue weighted by molar-refractivity contribution is 0.341. The second-order valence-corrected chi connectivity index (χ2v) is 5.29. The topological polar surface area (TPSA) is 34.1 Å². The van der Waals surface area contributed by atoms with Crippen molar-refractivity contribution in [3.05, 3.63) is 29.6 Å². The first kappa shape index (κ1) is 11.7. The van der Waals surface area contributed by atoms with Crippen molar-refractivity contribution in [3.8, 4) is 5.75 Å². The van der Waals surface area contributed by atoms with Crippen LogP contribution >= 0.6 is 0 Å². The Labute approximate surface area is 108 Å². The van der Waals surface area contributed by atoms with Gasteiger partial charge in [-0.25, -0.2) is 0 Å². The number of pyridine rings is 1. The molecule has 1 aromatic heterocycles. The number of ether oxygens (including phenoxy) is 1. The van der Waals surface area contributed by atoms with Crippen LogP contribution in [0, 0.1) is 12.8 Å². The minimum atomic E-state index is 0.570. The Bertz CT molecular complexity index is 481. The van der Waals surface area contributed by atoms with E-state index in [1.165, 1.54) is 30.4 Å². The van der Waals surface area contributed by atoms with Crippen LogP contribution in [0.25, 0.3) is 5.57 Å². The molecule has 0 radical (unpaired) electrons. The van der Waals surface area contributed by atoms with Gasteiger partial charge < -0.3 is 10.1 Å². The first-order valence-corrected chi connectivity index (χ1v) is 6.73. The molecule has 0 aromatic carbocycles. The third-order valence-corrected chi connectivity index (χ3v) is 4.13. The maximum Gasteiger partial charge on any atom is 0.140 e. The van der Waals surface area contributed by atoms with Crippen molar-refractivity contribution in [2.45, 2.75) is 32.2 Å². The highest BCUT2D eigenvalue weighted by Crippen LogP contribution is 2.37. The third kappa shape index (κ3) is 2.03. The van der Waals surface area contributed by atoms with Gasteiger partial charge in [-0.3, -0.25) is 4.98 Å². The monoisotopic (exact) mass is 244 g/mol. The van der Waals surface area contributed by atoms with E-state index in [-0.39, 0.29) is 0 Å². The van der Waals surface area contributed by atoms with Gasteiger partial charge in [-0.15, -0.1) is 0 Å². The SMILES string of the molecule is COc1cc(C2=C[C@@H]3NCCC[C@@H]3C2)cnc1C.